The van der Waals surface area contributed by atoms with Crippen LogP contribution in [0, 0.1) is 0 Å². The molecular formula is C21H25N3O. The summed E-state index contributed by atoms with van der Waals surface area (Å²) in [6.45, 7) is 3.96. The van der Waals surface area contributed by atoms with Crippen molar-refractivity contribution < 1.29 is 4.84 Å². The van der Waals surface area contributed by atoms with Gasteiger partial charge in [-0.15, -0.1) is 0 Å². The molecule has 0 spiro atoms. The van der Waals surface area contributed by atoms with Crippen LogP contribution in [0.1, 0.15) is 30.4 Å². The van der Waals surface area contributed by atoms with Gasteiger partial charge in [0.25, 0.3) is 0 Å². The normalized spacial score (nSPS) is 20.5. The first kappa shape index (κ1) is 16.3. The predicted octanol–water partition coefficient (Wildman–Crippen LogP) is 3.40. The van der Waals surface area contributed by atoms with Crippen LogP contribution >= 0.6 is 0 Å². The highest BCUT2D eigenvalue weighted by atomic mass is 16.6. The van der Waals surface area contributed by atoms with Gasteiger partial charge in [0.05, 0.1) is 5.71 Å². The van der Waals surface area contributed by atoms with E-state index in [0.717, 1.165) is 24.2 Å². The highest BCUT2D eigenvalue weighted by Crippen LogP contribution is 2.28. The molecule has 0 aliphatic carbocycles. The fourth-order valence-electron chi connectivity index (χ4n) is 3.71. The minimum Gasteiger partial charge on any atom is -0.390 e. The summed E-state index contributed by atoms with van der Waals surface area (Å²) in [5.41, 5.74) is 11.8. The molecule has 2 N–H and O–H groups in total. The SMILES string of the molecule is NCC1CC(c2cccc(-c3ccccc3CN3CCCC3)c2)=NO1. The molecule has 4 nitrogen and oxygen atoms in total. The van der Waals surface area contributed by atoms with E-state index in [1.165, 1.54) is 42.6 Å². The Morgan fingerprint density at radius 3 is 2.64 bits per heavy atom. The second kappa shape index (κ2) is 7.38. The average molecular weight is 335 g/mol. The summed E-state index contributed by atoms with van der Waals surface area (Å²) in [4.78, 5) is 7.93. The number of nitrogens with two attached hydrogens (primary N) is 1. The molecule has 2 aromatic carbocycles. The van der Waals surface area contributed by atoms with Gasteiger partial charge in [-0.25, -0.2) is 0 Å². The first-order valence-electron chi connectivity index (χ1n) is 9.17. The number of benzene rings is 2. The number of rotatable bonds is 5. The van der Waals surface area contributed by atoms with Gasteiger partial charge in [-0.2, -0.15) is 0 Å². The lowest BCUT2D eigenvalue weighted by molar-refractivity contribution is 0.0918. The van der Waals surface area contributed by atoms with Crippen molar-refractivity contribution in [3.8, 4) is 11.1 Å². The zero-order chi connectivity index (χ0) is 17.1. The third kappa shape index (κ3) is 3.60. The molecule has 0 saturated carbocycles. The molecule has 130 valence electrons. The summed E-state index contributed by atoms with van der Waals surface area (Å²) in [7, 11) is 0. The van der Waals surface area contributed by atoms with Crippen molar-refractivity contribution in [2.45, 2.75) is 31.9 Å². The number of nitrogens with zero attached hydrogens (tertiary/aromatic N) is 2. The molecule has 1 atom stereocenters. The maximum absolute atomic E-state index is 5.69. The van der Waals surface area contributed by atoms with Crippen LogP contribution in [0.3, 0.4) is 0 Å². The Morgan fingerprint density at radius 1 is 1.04 bits per heavy atom. The molecule has 0 radical (unpaired) electrons. The molecule has 2 heterocycles. The third-order valence-corrected chi connectivity index (χ3v) is 5.11. The molecule has 4 heteroatoms. The van der Waals surface area contributed by atoms with E-state index < -0.39 is 0 Å². The number of hydrogen-bond donors (Lipinski definition) is 1. The van der Waals surface area contributed by atoms with E-state index in [-0.39, 0.29) is 6.10 Å². The predicted molar refractivity (Wildman–Crippen MR) is 101 cm³/mol. The summed E-state index contributed by atoms with van der Waals surface area (Å²) >= 11 is 0. The second-order valence-electron chi connectivity index (χ2n) is 6.93. The van der Waals surface area contributed by atoms with Crippen LogP contribution in [0.25, 0.3) is 11.1 Å². The Bertz CT molecular complexity index is 765. The van der Waals surface area contributed by atoms with Crippen molar-refractivity contribution in [2.75, 3.05) is 19.6 Å². The molecule has 0 amide bonds. The van der Waals surface area contributed by atoms with Gasteiger partial charge >= 0.3 is 0 Å². The fraction of sp³-hybridized carbons (Fsp3) is 0.381. The summed E-state index contributed by atoms with van der Waals surface area (Å²) in [6.07, 6.45) is 3.44. The summed E-state index contributed by atoms with van der Waals surface area (Å²) in [5, 5.41) is 4.23. The largest absolute Gasteiger partial charge is 0.390 e. The van der Waals surface area contributed by atoms with E-state index in [2.05, 4.69) is 58.6 Å². The van der Waals surface area contributed by atoms with Crippen molar-refractivity contribution in [2.24, 2.45) is 10.9 Å². The minimum atomic E-state index is 0.0149. The molecular weight excluding hydrogens is 310 g/mol. The van der Waals surface area contributed by atoms with Crippen LogP contribution < -0.4 is 5.73 Å². The van der Waals surface area contributed by atoms with Crippen LogP contribution in [0.4, 0.5) is 0 Å². The van der Waals surface area contributed by atoms with Crippen LogP contribution in [-0.4, -0.2) is 36.3 Å². The maximum atomic E-state index is 5.69. The molecule has 25 heavy (non-hydrogen) atoms. The van der Waals surface area contributed by atoms with Crippen molar-refractivity contribution in [1.29, 1.82) is 0 Å². The van der Waals surface area contributed by atoms with Crippen LogP contribution in [-0.2, 0) is 11.4 Å². The van der Waals surface area contributed by atoms with E-state index in [1.54, 1.807) is 0 Å². The lowest BCUT2D eigenvalue weighted by Gasteiger charge is -2.18. The lowest BCUT2D eigenvalue weighted by atomic mass is 9.95. The molecule has 2 aliphatic heterocycles. The van der Waals surface area contributed by atoms with Crippen molar-refractivity contribution in [3.63, 3.8) is 0 Å². The highest BCUT2D eigenvalue weighted by Gasteiger charge is 2.21. The number of hydrogen-bond acceptors (Lipinski definition) is 4. The molecule has 1 saturated heterocycles. The number of likely N-dealkylation sites (tertiary alicyclic amines) is 1. The smallest absolute Gasteiger partial charge is 0.145 e. The molecule has 4 rings (SSSR count). The summed E-state index contributed by atoms with van der Waals surface area (Å²) < 4.78 is 0. The van der Waals surface area contributed by atoms with Gasteiger partial charge in [-0.3, -0.25) is 4.90 Å². The molecule has 0 aromatic heterocycles. The van der Waals surface area contributed by atoms with Crippen LogP contribution in [0.2, 0.25) is 0 Å². The fourth-order valence-corrected chi connectivity index (χ4v) is 3.71. The first-order valence-corrected chi connectivity index (χ1v) is 9.17. The number of oxime groups is 1. The molecule has 0 bridgehead atoms. The summed E-state index contributed by atoms with van der Waals surface area (Å²) in [6, 6.07) is 17.4. The molecule has 1 unspecified atom stereocenters. The van der Waals surface area contributed by atoms with Gasteiger partial charge in [-0.05, 0) is 48.7 Å². The van der Waals surface area contributed by atoms with Crippen molar-refractivity contribution in [3.05, 3.63) is 59.7 Å². The second-order valence-corrected chi connectivity index (χ2v) is 6.93. The van der Waals surface area contributed by atoms with Crippen LogP contribution in [0.15, 0.2) is 53.7 Å². The van der Waals surface area contributed by atoms with Crippen molar-refractivity contribution >= 4 is 5.71 Å². The van der Waals surface area contributed by atoms with Gasteiger partial charge in [0.15, 0.2) is 0 Å². The minimum absolute atomic E-state index is 0.0149. The molecule has 2 aromatic rings. The standard InChI is InChI=1S/C21H25N3O/c22-14-19-13-21(23-25-19)17-8-5-7-16(12-17)20-9-2-1-6-18(20)15-24-10-3-4-11-24/h1-2,5-9,12,19H,3-4,10-11,13-15,22H2. The van der Waals surface area contributed by atoms with E-state index in [1.807, 2.05) is 0 Å². The van der Waals surface area contributed by atoms with E-state index in [0.29, 0.717) is 6.54 Å². The Hall–Kier alpha value is -2.17. The third-order valence-electron chi connectivity index (χ3n) is 5.11. The zero-order valence-electron chi connectivity index (χ0n) is 14.5. The Balaban J connectivity index is 1.61. The van der Waals surface area contributed by atoms with Gasteiger partial charge < -0.3 is 10.6 Å². The van der Waals surface area contributed by atoms with E-state index >= 15 is 0 Å². The first-order chi connectivity index (χ1) is 12.3. The highest BCUT2D eigenvalue weighted by molar-refractivity contribution is 6.02. The van der Waals surface area contributed by atoms with Gasteiger partial charge in [0.2, 0.25) is 0 Å². The summed E-state index contributed by atoms with van der Waals surface area (Å²) in [5.74, 6) is 0. The van der Waals surface area contributed by atoms with Gasteiger partial charge in [0.1, 0.15) is 6.10 Å². The zero-order valence-corrected chi connectivity index (χ0v) is 14.5. The average Bonchev–Trinajstić information content (AvgIpc) is 3.34. The van der Waals surface area contributed by atoms with E-state index in [4.69, 9.17) is 10.6 Å². The molecule has 1 fully saturated rings. The Kier molecular flexibility index (Phi) is 4.81. The van der Waals surface area contributed by atoms with E-state index in [9.17, 15) is 0 Å². The molecule has 2 aliphatic rings. The quantitative estimate of drug-likeness (QED) is 0.911. The monoisotopic (exact) mass is 335 g/mol. The van der Waals surface area contributed by atoms with Crippen molar-refractivity contribution in [1.82, 2.24) is 4.90 Å². The van der Waals surface area contributed by atoms with Gasteiger partial charge in [0, 0.05) is 25.1 Å². The lowest BCUT2D eigenvalue weighted by Crippen LogP contribution is -2.20. The Morgan fingerprint density at radius 2 is 1.84 bits per heavy atom. The van der Waals surface area contributed by atoms with Crippen LogP contribution in [0.5, 0.6) is 0 Å². The topological polar surface area (TPSA) is 50.8 Å². The maximum Gasteiger partial charge on any atom is 0.145 e. The Labute approximate surface area is 149 Å². The van der Waals surface area contributed by atoms with Gasteiger partial charge in [-0.1, -0.05) is 47.6 Å².